The minimum atomic E-state index is -0.456. The van der Waals surface area contributed by atoms with E-state index in [2.05, 4.69) is 36.2 Å². The van der Waals surface area contributed by atoms with Crippen LogP contribution in [0.5, 0.6) is 5.75 Å². The predicted molar refractivity (Wildman–Crippen MR) is 132 cm³/mol. The van der Waals surface area contributed by atoms with Gasteiger partial charge in [-0.3, -0.25) is 10.1 Å². The second-order valence-electron chi connectivity index (χ2n) is 8.78. The molecule has 2 aromatic carbocycles. The molecule has 0 aliphatic carbocycles. The van der Waals surface area contributed by atoms with Gasteiger partial charge in [0.05, 0.1) is 6.54 Å². The highest BCUT2D eigenvalue weighted by Crippen LogP contribution is 2.25. The Morgan fingerprint density at radius 2 is 1.85 bits per heavy atom. The summed E-state index contributed by atoms with van der Waals surface area (Å²) in [7, 11) is 0. The number of rotatable bonds is 7. The number of amides is 1. The van der Waals surface area contributed by atoms with Crippen molar-refractivity contribution in [1.82, 2.24) is 14.8 Å². The molecule has 0 unspecified atom stereocenters. The minimum Gasteiger partial charge on any atom is -0.486 e. The Labute approximate surface area is 207 Å². The van der Waals surface area contributed by atoms with Crippen LogP contribution < -0.4 is 10.1 Å². The molecule has 0 fully saturated rings. The zero-order valence-corrected chi connectivity index (χ0v) is 20.5. The summed E-state index contributed by atoms with van der Waals surface area (Å²) in [6, 6.07) is 16.5. The lowest BCUT2D eigenvalue weighted by Crippen LogP contribution is -2.12. The van der Waals surface area contributed by atoms with Crippen LogP contribution in [0.1, 0.15) is 48.2 Å². The molecule has 1 N–H and O–H groups in total. The predicted octanol–water partition coefficient (Wildman–Crippen LogP) is 6.36. The van der Waals surface area contributed by atoms with Crippen molar-refractivity contribution in [2.45, 2.75) is 39.3 Å². The van der Waals surface area contributed by atoms with Crippen LogP contribution in [0.2, 0.25) is 10.0 Å². The molecule has 0 saturated heterocycles. The van der Waals surface area contributed by atoms with E-state index in [4.69, 9.17) is 32.4 Å². The van der Waals surface area contributed by atoms with E-state index in [0.717, 1.165) is 11.3 Å². The third kappa shape index (κ3) is 5.98. The van der Waals surface area contributed by atoms with Gasteiger partial charge in [-0.1, -0.05) is 62.2 Å². The quantitative estimate of drug-likeness (QED) is 0.320. The molecule has 2 aromatic heterocycles. The Bertz CT molecular complexity index is 1290. The van der Waals surface area contributed by atoms with Crippen LogP contribution in [-0.4, -0.2) is 20.7 Å². The van der Waals surface area contributed by atoms with Gasteiger partial charge in [0, 0.05) is 10.0 Å². The van der Waals surface area contributed by atoms with Gasteiger partial charge in [0.25, 0.3) is 5.91 Å². The van der Waals surface area contributed by atoms with E-state index in [0.29, 0.717) is 22.4 Å². The van der Waals surface area contributed by atoms with Gasteiger partial charge < -0.3 is 9.15 Å². The van der Waals surface area contributed by atoms with Gasteiger partial charge in [-0.25, -0.2) is 9.67 Å². The number of benzene rings is 2. The maximum absolute atomic E-state index is 12.5. The first-order valence-electron chi connectivity index (χ1n) is 10.6. The molecule has 0 bridgehead atoms. The van der Waals surface area contributed by atoms with Crippen molar-refractivity contribution in [3.05, 3.63) is 93.6 Å². The van der Waals surface area contributed by atoms with Crippen molar-refractivity contribution in [3.63, 3.8) is 0 Å². The molecule has 4 rings (SSSR count). The van der Waals surface area contributed by atoms with E-state index < -0.39 is 5.91 Å². The first-order chi connectivity index (χ1) is 16.2. The summed E-state index contributed by atoms with van der Waals surface area (Å²) in [6.07, 6.45) is 1.51. The van der Waals surface area contributed by atoms with Crippen molar-refractivity contribution in [2.75, 3.05) is 5.32 Å². The van der Waals surface area contributed by atoms with Crippen molar-refractivity contribution in [3.8, 4) is 5.75 Å². The van der Waals surface area contributed by atoms with Crippen LogP contribution in [0.15, 0.2) is 65.3 Å². The lowest BCUT2D eigenvalue weighted by Gasteiger charge is -2.19. The first-order valence-corrected chi connectivity index (χ1v) is 11.4. The standard InChI is InChI=1S/C25H24Cl2N4O3/c1-25(2,3)17-5-8-19(9-6-17)33-14-20-10-11-22(34-20)23(32)29-24-28-15-31(30-24)13-16-4-7-18(26)12-21(16)27/h4-12,15H,13-14H2,1-3H3,(H,29,30,32). The number of hydrogen-bond acceptors (Lipinski definition) is 5. The highest BCUT2D eigenvalue weighted by atomic mass is 35.5. The number of aromatic nitrogens is 3. The molecule has 0 saturated carbocycles. The summed E-state index contributed by atoms with van der Waals surface area (Å²) in [5.41, 5.74) is 2.14. The van der Waals surface area contributed by atoms with Gasteiger partial charge in [-0.2, -0.15) is 0 Å². The first kappa shape index (κ1) is 23.9. The average molecular weight is 499 g/mol. The smallest absolute Gasteiger partial charge is 0.293 e. The van der Waals surface area contributed by atoms with Crippen LogP contribution in [0.25, 0.3) is 0 Å². The lowest BCUT2D eigenvalue weighted by atomic mass is 9.87. The Morgan fingerprint density at radius 1 is 1.09 bits per heavy atom. The largest absolute Gasteiger partial charge is 0.486 e. The topological polar surface area (TPSA) is 82.2 Å². The van der Waals surface area contributed by atoms with Crippen molar-refractivity contribution in [2.24, 2.45) is 0 Å². The van der Waals surface area contributed by atoms with Gasteiger partial charge in [0.2, 0.25) is 5.95 Å². The monoisotopic (exact) mass is 498 g/mol. The number of halogens is 2. The zero-order chi connectivity index (χ0) is 24.3. The van der Waals surface area contributed by atoms with E-state index in [1.165, 1.54) is 11.9 Å². The molecular formula is C25H24Cl2N4O3. The molecule has 2 heterocycles. The van der Waals surface area contributed by atoms with Crippen molar-refractivity contribution in [1.29, 1.82) is 0 Å². The second kappa shape index (κ2) is 9.91. The minimum absolute atomic E-state index is 0.0788. The van der Waals surface area contributed by atoms with E-state index in [1.54, 1.807) is 28.9 Å². The zero-order valence-electron chi connectivity index (χ0n) is 19.0. The number of carbonyl (C=O) groups is 1. The van der Waals surface area contributed by atoms with Gasteiger partial charge in [-0.05, 0) is 52.9 Å². The maximum atomic E-state index is 12.5. The van der Waals surface area contributed by atoms with Crippen LogP contribution in [0, 0.1) is 0 Å². The average Bonchev–Trinajstić information content (AvgIpc) is 3.43. The van der Waals surface area contributed by atoms with Gasteiger partial charge in [0.1, 0.15) is 24.4 Å². The summed E-state index contributed by atoms with van der Waals surface area (Å²) in [4.78, 5) is 16.6. The third-order valence-corrected chi connectivity index (χ3v) is 5.68. The highest BCUT2D eigenvalue weighted by molar-refractivity contribution is 6.35. The summed E-state index contributed by atoms with van der Waals surface area (Å²) < 4.78 is 13.0. The normalized spacial score (nSPS) is 11.4. The highest BCUT2D eigenvalue weighted by Gasteiger charge is 2.15. The van der Waals surface area contributed by atoms with Gasteiger partial charge in [-0.15, -0.1) is 5.10 Å². The number of furan rings is 1. The van der Waals surface area contributed by atoms with Crippen molar-refractivity contribution >= 4 is 35.1 Å². The molecule has 0 spiro atoms. The summed E-state index contributed by atoms with van der Waals surface area (Å²) in [5, 5.41) is 7.97. The lowest BCUT2D eigenvalue weighted by molar-refractivity contribution is 0.0991. The van der Waals surface area contributed by atoms with E-state index in [-0.39, 0.29) is 23.7 Å². The molecule has 0 atom stereocenters. The SMILES string of the molecule is CC(C)(C)c1ccc(OCc2ccc(C(=O)Nc3ncn(Cc4ccc(Cl)cc4Cl)n3)o2)cc1. The summed E-state index contributed by atoms with van der Waals surface area (Å²) in [6.45, 7) is 7.07. The number of carbonyl (C=O) groups excluding carboxylic acids is 1. The Balaban J connectivity index is 1.32. The van der Waals surface area contributed by atoms with Crippen molar-refractivity contribution < 1.29 is 13.9 Å². The molecule has 34 heavy (non-hydrogen) atoms. The fraction of sp³-hybridized carbons (Fsp3) is 0.240. The fourth-order valence-electron chi connectivity index (χ4n) is 3.20. The Kier molecular flexibility index (Phi) is 6.95. The third-order valence-electron chi connectivity index (χ3n) is 5.10. The Hall–Kier alpha value is -3.29. The molecule has 176 valence electrons. The van der Waals surface area contributed by atoms with Crippen LogP contribution in [0.3, 0.4) is 0 Å². The number of anilines is 1. The molecule has 7 nitrogen and oxygen atoms in total. The Morgan fingerprint density at radius 3 is 2.56 bits per heavy atom. The molecule has 4 aromatic rings. The molecular weight excluding hydrogens is 475 g/mol. The maximum Gasteiger partial charge on any atom is 0.293 e. The number of nitrogens with one attached hydrogen (secondary N) is 1. The fourth-order valence-corrected chi connectivity index (χ4v) is 3.67. The van der Waals surface area contributed by atoms with E-state index >= 15 is 0 Å². The van der Waals surface area contributed by atoms with E-state index in [1.807, 2.05) is 30.3 Å². The second-order valence-corrected chi connectivity index (χ2v) is 9.63. The van der Waals surface area contributed by atoms with Gasteiger partial charge >= 0.3 is 0 Å². The summed E-state index contributed by atoms with van der Waals surface area (Å²) in [5.74, 6) is 1.09. The van der Waals surface area contributed by atoms with Gasteiger partial charge in [0.15, 0.2) is 5.76 Å². The number of ether oxygens (including phenoxy) is 1. The van der Waals surface area contributed by atoms with Crippen LogP contribution in [0.4, 0.5) is 5.95 Å². The van der Waals surface area contributed by atoms with Crippen LogP contribution >= 0.6 is 23.2 Å². The van der Waals surface area contributed by atoms with E-state index in [9.17, 15) is 4.79 Å². The number of hydrogen-bond donors (Lipinski definition) is 1. The molecule has 1 amide bonds. The molecule has 9 heteroatoms. The number of nitrogens with zero attached hydrogens (tertiary/aromatic N) is 3. The summed E-state index contributed by atoms with van der Waals surface area (Å²) >= 11 is 12.1. The molecule has 0 radical (unpaired) electrons. The molecule has 0 aliphatic heterocycles. The molecule has 0 aliphatic rings. The van der Waals surface area contributed by atoms with Crippen LogP contribution in [-0.2, 0) is 18.6 Å².